The number of carbonyl (C=O) groups is 1. The first-order valence-corrected chi connectivity index (χ1v) is 5.24. The van der Waals surface area contributed by atoms with Gasteiger partial charge in [-0.1, -0.05) is 11.6 Å². The zero-order chi connectivity index (χ0) is 12.3. The molecule has 2 aromatic heterocycles. The van der Waals surface area contributed by atoms with E-state index in [0.29, 0.717) is 17.1 Å². The number of nitrogens with zero attached hydrogens (tertiary/aromatic N) is 3. The largest absolute Gasteiger partial charge is 0.305 e. The van der Waals surface area contributed by atoms with Gasteiger partial charge in [0.05, 0.1) is 6.20 Å². The molecule has 2 rings (SSSR count). The fourth-order valence-electron chi connectivity index (χ4n) is 1.31. The number of anilines is 1. The van der Waals surface area contributed by atoms with Crippen molar-refractivity contribution in [2.45, 2.75) is 6.92 Å². The van der Waals surface area contributed by atoms with Crippen LogP contribution in [0.5, 0.6) is 0 Å². The van der Waals surface area contributed by atoms with Crippen molar-refractivity contribution in [2.24, 2.45) is 0 Å². The summed E-state index contributed by atoms with van der Waals surface area (Å²) < 4.78 is 0. The molecule has 17 heavy (non-hydrogen) atoms. The lowest BCUT2D eigenvalue weighted by Gasteiger charge is -2.04. The Hall–Kier alpha value is -2.01. The molecule has 0 aliphatic rings. The van der Waals surface area contributed by atoms with Gasteiger partial charge in [0, 0.05) is 23.7 Å². The average Bonchev–Trinajstić information content (AvgIpc) is 2.29. The Bertz CT molecular complexity index is 524. The molecule has 0 fully saturated rings. The van der Waals surface area contributed by atoms with E-state index in [1.165, 1.54) is 24.7 Å². The van der Waals surface area contributed by atoms with E-state index in [1.807, 2.05) is 0 Å². The minimum atomic E-state index is -0.294. The van der Waals surface area contributed by atoms with E-state index in [2.05, 4.69) is 20.3 Å². The van der Waals surface area contributed by atoms with E-state index in [9.17, 15) is 4.79 Å². The van der Waals surface area contributed by atoms with Gasteiger partial charge < -0.3 is 5.32 Å². The van der Waals surface area contributed by atoms with Crippen LogP contribution in [0.2, 0.25) is 5.15 Å². The Morgan fingerprint density at radius 1 is 1.35 bits per heavy atom. The highest BCUT2D eigenvalue weighted by molar-refractivity contribution is 6.29. The monoisotopic (exact) mass is 248 g/mol. The lowest BCUT2D eigenvalue weighted by atomic mass is 10.2. The molecule has 0 atom stereocenters. The lowest BCUT2D eigenvalue weighted by molar-refractivity contribution is 0.102. The SMILES string of the molecule is Cc1cc(C(=O)Nc2cnccn2)cc(Cl)n1. The van der Waals surface area contributed by atoms with Crippen LogP contribution in [0.3, 0.4) is 0 Å². The van der Waals surface area contributed by atoms with Gasteiger partial charge in [-0.3, -0.25) is 9.78 Å². The fraction of sp³-hybridized carbons (Fsp3) is 0.0909. The van der Waals surface area contributed by atoms with Gasteiger partial charge in [0.25, 0.3) is 5.91 Å². The average molecular weight is 249 g/mol. The summed E-state index contributed by atoms with van der Waals surface area (Å²) in [5.74, 6) is 0.0981. The van der Waals surface area contributed by atoms with Crippen LogP contribution in [-0.4, -0.2) is 20.9 Å². The van der Waals surface area contributed by atoms with E-state index >= 15 is 0 Å². The van der Waals surface area contributed by atoms with E-state index in [1.54, 1.807) is 13.0 Å². The summed E-state index contributed by atoms with van der Waals surface area (Å²) in [7, 11) is 0. The van der Waals surface area contributed by atoms with Crippen molar-refractivity contribution in [2.75, 3.05) is 5.32 Å². The number of pyridine rings is 1. The van der Waals surface area contributed by atoms with Crippen LogP contribution in [0.1, 0.15) is 16.1 Å². The zero-order valence-electron chi connectivity index (χ0n) is 9.01. The van der Waals surface area contributed by atoms with Crippen molar-refractivity contribution in [1.82, 2.24) is 15.0 Å². The first-order valence-electron chi connectivity index (χ1n) is 4.87. The van der Waals surface area contributed by atoms with Crippen molar-refractivity contribution >= 4 is 23.3 Å². The molecule has 86 valence electrons. The Morgan fingerprint density at radius 2 is 2.18 bits per heavy atom. The number of hydrogen-bond donors (Lipinski definition) is 1. The minimum absolute atomic E-state index is 0.286. The van der Waals surface area contributed by atoms with Crippen LogP contribution < -0.4 is 5.32 Å². The Labute approximate surface area is 103 Å². The molecule has 0 aliphatic carbocycles. The molecule has 0 unspecified atom stereocenters. The molecule has 0 radical (unpaired) electrons. The Kier molecular flexibility index (Phi) is 3.30. The smallest absolute Gasteiger partial charge is 0.257 e. The summed E-state index contributed by atoms with van der Waals surface area (Å²) in [5.41, 5.74) is 1.12. The second-order valence-corrected chi connectivity index (χ2v) is 3.75. The summed E-state index contributed by atoms with van der Waals surface area (Å²) in [6.07, 6.45) is 4.50. The molecule has 2 aromatic rings. The van der Waals surface area contributed by atoms with Gasteiger partial charge in [-0.05, 0) is 19.1 Å². The highest BCUT2D eigenvalue weighted by atomic mass is 35.5. The van der Waals surface area contributed by atoms with E-state index in [-0.39, 0.29) is 11.1 Å². The number of carbonyl (C=O) groups excluding carboxylic acids is 1. The number of rotatable bonds is 2. The second kappa shape index (κ2) is 4.88. The summed E-state index contributed by atoms with van der Waals surface area (Å²) in [6, 6.07) is 3.15. The number of aromatic nitrogens is 3. The predicted molar refractivity (Wildman–Crippen MR) is 64.0 cm³/mol. The molecule has 6 heteroatoms. The van der Waals surface area contributed by atoms with Gasteiger partial charge in [-0.15, -0.1) is 0 Å². The van der Waals surface area contributed by atoms with Crippen molar-refractivity contribution in [3.8, 4) is 0 Å². The highest BCUT2D eigenvalue weighted by Crippen LogP contribution is 2.11. The number of halogens is 1. The maximum Gasteiger partial charge on any atom is 0.257 e. The van der Waals surface area contributed by atoms with Gasteiger partial charge in [0.15, 0.2) is 5.82 Å². The molecular formula is C11H9ClN4O. The highest BCUT2D eigenvalue weighted by Gasteiger charge is 2.08. The normalized spacial score (nSPS) is 10.0. The van der Waals surface area contributed by atoms with E-state index in [4.69, 9.17) is 11.6 Å². The van der Waals surface area contributed by atoms with Crippen LogP contribution in [0.4, 0.5) is 5.82 Å². The zero-order valence-corrected chi connectivity index (χ0v) is 9.77. The van der Waals surface area contributed by atoms with Crippen molar-refractivity contribution < 1.29 is 4.79 Å². The number of nitrogens with one attached hydrogen (secondary N) is 1. The lowest BCUT2D eigenvalue weighted by Crippen LogP contribution is -2.13. The standard InChI is InChI=1S/C11H9ClN4O/c1-7-4-8(5-9(12)15-7)11(17)16-10-6-13-2-3-14-10/h2-6H,1H3,(H,14,16,17). The van der Waals surface area contributed by atoms with Crippen molar-refractivity contribution in [1.29, 1.82) is 0 Å². The van der Waals surface area contributed by atoms with E-state index in [0.717, 1.165) is 0 Å². The third kappa shape index (κ3) is 2.98. The maximum atomic E-state index is 11.9. The predicted octanol–water partition coefficient (Wildman–Crippen LogP) is 2.09. The third-order valence-corrected chi connectivity index (χ3v) is 2.18. The molecule has 0 spiro atoms. The summed E-state index contributed by atoms with van der Waals surface area (Å²) in [5, 5.41) is 2.90. The molecule has 0 aliphatic heterocycles. The maximum absolute atomic E-state index is 11.9. The molecule has 1 amide bonds. The van der Waals surface area contributed by atoms with Gasteiger partial charge in [0.1, 0.15) is 5.15 Å². The number of amides is 1. The second-order valence-electron chi connectivity index (χ2n) is 3.36. The molecule has 0 saturated heterocycles. The summed E-state index contributed by atoms with van der Waals surface area (Å²) in [6.45, 7) is 1.77. The van der Waals surface area contributed by atoms with E-state index < -0.39 is 0 Å². The van der Waals surface area contributed by atoms with Crippen LogP contribution in [0, 0.1) is 6.92 Å². The number of aryl methyl sites for hydroxylation is 1. The van der Waals surface area contributed by atoms with Gasteiger partial charge in [-0.2, -0.15) is 0 Å². The van der Waals surface area contributed by atoms with Crippen LogP contribution in [-0.2, 0) is 0 Å². The van der Waals surface area contributed by atoms with Gasteiger partial charge in [0.2, 0.25) is 0 Å². The molecule has 0 aromatic carbocycles. The molecule has 5 nitrogen and oxygen atoms in total. The van der Waals surface area contributed by atoms with Crippen molar-refractivity contribution in [3.05, 3.63) is 47.1 Å². The Balaban J connectivity index is 2.20. The minimum Gasteiger partial charge on any atom is -0.305 e. The molecule has 2 heterocycles. The number of hydrogen-bond acceptors (Lipinski definition) is 4. The first kappa shape index (κ1) is 11.5. The van der Waals surface area contributed by atoms with Crippen LogP contribution in [0.15, 0.2) is 30.7 Å². The molecule has 1 N–H and O–H groups in total. The topological polar surface area (TPSA) is 67.8 Å². The molecular weight excluding hydrogens is 240 g/mol. The van der Waals surface area contributed by atoms with Gasteiger partial charge >= 0.3 is 0 Å². The van der Waals surface area contributed by atoms with Crippen molar-refractivity contribution in [3.63, 3.8) is 0 Å². The first-order chi connectivity index (χ1) is 8.15. The third-order valence-electron chi connectivity index (χ3n) is 1.99. The van der Waals surface area contributed by atoms with Gasteiger partial charge in [-0.25, -0.2) is 9.97 Å². The van der Waals surface area contributed by atoms with Crippen LogP contribution >= 0.6 is 11.6 Å². The summed E-state index contributed by atoms with van der Waals surface area (Å²) in [4.78, 5) is 23.6. The molecule has 0 bridgehead atoms. The molecule has 0 saturated carbocycles. The van der Waals surface area contributed by atoms with Crippen LogP contribution in [0.25, 0.3) is 0 Å². The quantitative estimate of drug-likeness (QED) is 0.827. The summed E-state index contributed by atoms with van der Waals surface area (Å²) >= 11 is 5.78. The fourth-order valence-corrected chi connectivity index (χ4v) is 1.56. The Morgan fingerprint density at radius 3 is 2.82 bits per heavy atom.